The summed E-state index contributed by atoms with van der Waals surface area (Å²) in [6.07, 6.45) is 5.03. The summed E-state index contributed by atoms with van der Waals surface area (Å²) in [7, 11) is 0. The molecule has 24 heavy (non-hydrogen) atoms. The van der Waals surface area contributed by atoms with Crippen LogP contribution in [0.25, 0.3) is 0 Å². The molecule has 0 saturated carbocycles. The molecule has 2 N–H and O–H groups in total. The second-order valence-corrected chi connectivity index (χ2v) is 5.16. The Kier molecular flexibility index (Phi) is 4.81. The highest BCUT2D eigenvalue weighted by Gasteiger charge is 2.11. The Morgan fingerprint density at radius 2 is 2.00 bits per heavy atom. The third-order valence-corrected chi connectivity index (χ3v) is 3.30. The van der Waals surface area contributed by atoms with Gasteiger partial charge in [-0.15, -0.1) is 0 Å². The van der Waals surface area contributed by atoms with E-state index in [0.717, 1.165) is 5.56 Å². The van der Waals surface area contributed by atoms with Gasteiger partial charge in [0, 0.05) is 25.0 Å². The number of amides is 1. The summed E-state index contributed by atoms with van der Waals surface area (Å²) in [4.78, 5) is 24.7. The van der Waals surface area contributed by atoms with Crippen molar-refractivity contribution in [2.24, 2.45) is 0 Å². The molecule has 3 aromatic heterocycles. The van der Waals surface area contributed by atoms with E-state index >= 15 is 0 Å². The van der Waals surface area contributed by atoms with Gasteiger partial charge in [-0.2, -0.15) is 0 Å². The van der Waals surface area contributed by atoms with Gasteiger partial charge in [-0.25, -0.2) is 9.97 Å². The van der Waals surface area contributed by atoms with Gasteiger partial charge in [0.2, 0.25) is 0 Å². The quantitative estimate of drug-likeness (QED) is 0.723. The second kappa shape index (κ2) is 7.36. The molecule has 0 unspecified atom stereocenters. The van der Waals surface area contributed by atoms with Crippen molar-refractivity contribution in [3.05, 3.63) is 71.8 Å². The van der Waals surface area contributed by atoms with Crippen LogP contribution in [0.5, 0.6) is 0 Å². The lowest BCUT2D eigenvalue weighted by Crippen LogP contribution is -2.24. The lowest BCUT2D eigenvalue weighted by atomic mass is 10.2. The van der Waals surface area contributed by atoms with E-state index in [4.69, 9.17) is 4.42 Å². The molecule has 0 aliphatic carbocycles. The van der Waals surface area contributed by atoms with Crippen molar-refractivity contribution >= 4 is 11.7 Å². The van der Waals surface area contributed by atoms with Gasteiger partial charge in [-0.05, 0) is 36.8 Å². The first-order valence-corrected chi connectivity index (χ1v) is 7.50. The number of anilines is 1. The first-order valence-electron chi connectivity index (χ1n) is 7.50. The van der Waals surface area contributed by atoms with Gasteiger partial charge in [0.05, 0.1) is 12.8 Å². The molecule has 0 spiro atoms. The monoisotopic (exact) mass is 323 g/mol. The Balaban J connectivity index is 1.65. The minimum absolute atomic E-state index is 0.274. The van der Waals surface area contributed by atoms with Crippen LogP contribution in [-0.4, -0.2) is 20.9 Å². The van der Waals surface area contributed by atoms with Gasteiger partial charge in [-0.1, -0.05) is 0 Å². The Hall–Kier alpha value is -3.22. The molecular weight excluding hydrogens is 306 g/mol. The fourth-order valence-electron chi connectivity index (χ4n) is 2.14. The number of aromatic nitrogens is 3. The average Bonchev–Trinajstić information content (AvgIpc) is 3.12. The molecule has 3 heterocycles. The number of hydrogen-bond donors (Lipinski definition) is 2. The van der Waals surface area contributed by atoms with Crippen molar-refractivity contribution in [1.29, 1.82) is 0 Å². The minimum atomic E-state index is -0.274. The van der Waals surface area contributed by atoms with E-state index in [1.807, 2.05) is 12.1 Å². The van der Waals surface area contributed by atoms with Crippen molar-refractivity contribution in [3.8, 4) is 0 Å². The van der Waals surface area contributed by atoms with Crippen molar-refractivity contribution in [2.75, 3.05) is 5.32 Å². The second-order valence-electron chi connectivity index (χ2n) is 5.16. The molecule has 0 aromatic carbocycles. The van der Waals surface area contributed by atoms with Gasteiger partial charge in [0.25, 0.3) is 5.91 Å². The number of carbonyl (C=O) groups is 1. The molecule has 0 aliphatic rings. The smallest absolute Gasteiger partial charge is 0.270 e. The predicted molar refractivity (Wildman–Crippen MR) is 88.2 cm³/mol. The summed E-state index contributed by atoms with van der Waals surface area (Å²) in [5.74, 6) is 1.54. The maximum absolute atomic E-state index is 12.2. The summed E-state index contributed by atoms with van der Waals surface area (Å²) >= 11 is 0. The molecule has 3 rings (SSSR count). The van der Waals surface area contributed by atoms with E-state index in [0.29, 0.717) is 36.2 Å². The summed E-state index contributed by atoms with van der Waals surface area (Å²) in [5, 5.41) is 5.96. The summed E-state index contributed by atoms with van der Waals surface area (Å²) in [6.45, 7) is 2.65. The molecule has 7 nitrogen and oxygen atoms in total. The Bertz CT molecular complexity index is 803. The zero-order valence-electron chi connectivity index (χ0n) is 13.2. The highest BCUT2D eigenvalue weighted by Crippen LogP contribution is 2.09. The van der Waals surface area contributed by atoms with Crippen LogP contribution in [0, 0.1) is 6.92 Å². The Morgan fingerprint density at radius 3 is 2.75 bits per heavy atom. The van der Waals surface area contributed by atoms with E-state index in [-0.39, 0.29) is 5.91 Å². The molecule has 122 valence electrons. The molecular formula is C17H17N5O2. The van der Waals surface area contributed by atoms with Crippen molar-refractivity contribution in [2.45, 2.75) is 20.0 Å². The number of pyridine rings is 1. The van der Waals surface area contributed by atoms with E-state index in [9.17, 15) is 4.79 Å². The van der Waals surface area contributed by atoms with Crippen molar-refractivity contribution < 1.29 is 9.21 Å². The normalized spacial score (nSPS) is 10.4. The third kappa shape index (κ3) is 4.16. The number of furan rings is 1. The minimum Gasteiger partial charge on any atom is -0.467 e. The van der Waals surface area contributed by atoms with Gasteiger partial charge >= 0.3 is 0 Å². The Morgan fingerprint density at radius 1 is 1.17 bits per heavy atom. The van der Waals surface area contributed by atoms with Crippen LogP contribution in [0.1, 0.15) is 27.6 Å². The van der Waals surface area contributed by atoms with Crippen LogP contribution >= 0.6 is 0 Å². The summed E-state index contributed by atoms with van der Waals surface area (Å²) in [6, 6.07) is 9.03. The highest BCUT2D eigenvalue weighted by atomic mass is 16.3. The molecule has 0 radical (unpaired) electrons. The van der Waals surface area contributed by atoms with Crippen LogP contribution in [0.4, 0.5) is 5.82 Å². The fourth-order valence-corrected chi connectivity index (χ4v) is 2.14. The van der Waals surface area contributed by atoms with Gasteiger partial charge in [-0.3, -0.25) is 9.78 Å². The average molecular weight is 323 g/mol. The largest absolute Gasteiger partial charge is 0.467 e. The van der Waals surface area contributed by atoms with Crippen LogP contribution < -0.4 is 10.6 Å². The van der Waals surface area contributed by atoms with E-state index < -0.39 is 0 Å². The topological polar surface area (TPSA) is 92.9 Å². The first-order chi connectivity index (χ1) is 11.7. The molecule has 0 fully saturated rings. The van der Waals surface area contributed by atoms with Gasteiger partial charge in [0.15, 0.2) is 0 Å². The zero-order chi connectivity index (χ0) is 16.8. The van der Waals surface area contributed by atoms with E-state index in [1.165, 1.54) is 0 Å². The first kappa shape index (κ1) is 15.7. The summed E-state index contributed by atoms with van der Waals surface area (Å²) < 4.78 is 5.19. The fraction of sp³-hybridized carbons (Fsp3) is 0.176. The number of nitrogens with one attached hydrogen (secondary N) is 2. The molecule has 0 aliphatic heterocycles. The van der Waals surface area contributed by atoms with Crippen molar-refractivity contribution in [3.63, 3.8) is 0 Å². The maximum Gasteiger partial charge on any atom is 0.270 e. The van der Waals surface area contributed by atoms with Gasteiger partial charge < -0.3 is 15.1 Å². The van der Waals surface area contributed by atoms with Crippen LogP contribution in [0.3, 0.4) is 0 Å². The molecule has 1 amide bonds. The number of hydrogen-bond acceptors (Lipinski definition) is 6. The third-order valence-electron chi connectivity index (χ3n) is 3.30. The van der Waals surface area contributed by atoms with Gasteiger partial charge in [0.1, 0.15) is 23.1 Å². The van der Waals surface area contributed by atoms with Crippen LogP contribution in [0.2, 0.25) is 0 Å². The standard InChI is InChI=1S/C17H17N5O2/c1-12-21-15(17(23)20-11-14-3-2-8-24-14)9-16(22-12)19-10-13-4-6-18-7-5-13/h2-9H,10-11H2,1H3,(H,20,23)(H,19,21,22). The van der Waals surface area contributed by atoms with E-state index in [2.05, 4.69) is 25.6 Å². The Labute approximate surface area is 139 Å². The molecule has 3 aromatic rings. The molecule has 0 saturated heterocycles. The predicted octanol–water partition coefficient (Wildman–Crippen LogP) is 2.32. The zero-order valence-corrected chi connectivity index (χ0v) is 13.2. The number of nitrogens with zero attached hydrogens (tertiary/aromatic N) is 3. The number of carbonyl (C=O) groups excluding carboxylic acids is 1. The SMILES string of the molecule is Cc1nc(NCc2ccncc2)cc(C(=O)NCc2ccco2)n1. The number of aryl methyl sites for hydroxylation is 1. The highest BCUT2D eigenvalue weighted by molar-refractivity contribution is 5.92. The lowest BCUT2D eigenvalue weighted by Gasteiger charge is -2.09. The van der Waals surface area contributed by atoms with Crippen molar-refractivity contribution in [1.82, 2.24) is 20.3 Å². The number of rotatable bonds is 6. The molecule has 7 heteroatoms. The maximum atomic E-state index is 12.2. The van der Waals surface area contributed by atoms with Crippen LogP contribution in [-0.2, 0) is 13.1 Å². The van der Waals surface area contributed by atoms with E-state index in [1.54, 1.807) is 43.8 Å². The summed E-state index contributed by atoms with van der Waals surface area (Å²) in [5.41, 5.74) is 1.39. The molecule has 0 bridgehead atoms. The van der Waals surface area contributed by atoms with Crippen LogP contribution in [0.15, 0.2) is 53.4 Å². The molecule has 0 atom stereocenters. The lowest BCUT2D eigenvalue weighted by molar-refractivity contribution is 0.0942.